The van der Waals surface area contributed by atoms with E-state index >= 15 is 0 Å². The zero-order valence-electron chi connectivity index (χ0n) is 21.0. The Kier molecular flexibility index (Phi) is 8.40. The van der Waals surface area contributed by atoms with E-state index in [1.54, 1.807) is 103 Å². The van der Waals surface area contributed by atoms with Gasteiger partial charge in [-0.15, -0.1) is 12.6 Å². The summed E-state index contributed by atoms with van der Waals surface area (Å²) in [6.45, 7) is 0.236. The zero-order chi connectivity index (χ0) is 27.1. The largest absolute Gasteiger partial charge is 0.493 e. The van der Waals surface area contributed by atoms with Crippen LogP contribution in [0.1, 0.15) is 15.9 Å². The molecule has 4 rings (SSSR count). The average molecular weight is 529 g/mol. The standard InChI is InChI=1S/C29H28N4O4S/c1-36-26-16-13-22(17-27(26)37-2)33(29(35)31-21-11-14-23(38)15-12-21)18-19-7-9-20(10-8-19)28(34)32-25-6-4-3-5-24(25)30/h3-17,38H,18,30H2,1-2H3,(H,31,35)(H,32,34). The second-order valence-electron chi connectivity index (χ2n) is 8.34. The monoisotopic (exact) mass is 528 g/mol. The molecule has 194 valence electrons. The maximum absolute atomic E-state index is 13.4. The summed E-state index contributed by atoms with van der Waals surface area (Å²) in [5.41, 5.74) is 9.48. The number of amides is 3. The number of nitrogens with zero attached hydrogens (tertiary/aromatic N) is 1. The van der Waals surface area contributed by atoms with Gasteiger partial charge in [0, 0.05) is 27.9 Å². The minimum Gasteiger partial charge on any atom is -0.493 e. The molecule has 0 unspecified atom stereocenters. The first-order chi connectivity index (χ1) is 18.4. The Bertz CT molecular complexity index is 1430. The summed E-state index contributed by atoms with van der Waals surface area (Å²) in [7, 11) is 3.09. The van der Waals surface area contributed by atoms with Crippen LogP contribution < -0.4 is 30.7 Å². The van der Waals surface area contributed by atoms with E-state index in [9.17, 15) is 9.59 Å². The number of hydrogen-bond donors (Lipinski definition) is 4. The van der Waals surface area contributed by atoms with E-state index in [4.69, 9.17) is 15.2 Å². The minimum atomic E-state index is -0.342. The molecule has 0 bridgehead atoms. The van der Waals surface area contributed by atoms with Gasteiger partial charge in [0.15, 0.2) is 11.5 Å². The third-order valence-corrected chi connectivity index (χ3v) is 6.11. The number of nitrogens with one attached hydrogen (secondary N) is 2. The predicted molar refractivity (Wildman–Crippen MR) is 154 cm³/mol. The van der Waals surface area contributed by atoms with Crippen LogP contribution in [-0.2, 0) is 6.54 Å². The number of carbonyl (C=O) groups is 2. The Morgan fingerprint density at radius 3 is 2.18 bits per heavy atom. The van der Waals surface area contributed by atoms with E-state index in [1.165, 1.54) is 7.11 Å². The van der Waals surface area contributed by atoms with Crippen molar-refractivity contribution in [1.82, 2.24) is 0 Å². The Balaban J connectivity index is 1.57. The number of anilines is 4. The number of methoxy groups -OCH3 is 2. The predicted octanol–water partition coefficient (Wildman–Crippen LogP) is 6.07. The molecule has 0 spiro atoms. The Labute approximate surface area is 226 Å². The molecule has 4 N–H and O–H groups in total. The molecule has 4 aromatic rings. The highest BCUT2D eigenvalue weighted by molar-refractivity contribution is 7.80. The van der Waals surface area contributed by atoms with Crippen LogP contribution in [0.4, 0.5) is 27.5 Å². The van der Waals surface area contributed by atoms with E-state index in [2.05, 4.69) is 23.3 Å². The molecule has 0 heterocycles. The molecule has 9 heteroatoms. The van der Waals surface area contributed by atoms with Crippen molar-refractivity contribution in [3.63, 3.8) is 0 Å². The van der Waals surface area contributed by atoms with E-state index < -0.39 is 0 Å². The van der Waals surface area contributed by atoms with Crippen molar-refractivity contribution < 1.29 is 19.1 Å². The molecular weight excluding hydrogens is 500 g/mol. The van der Waals surface area contributed by atoms with E-state index in [-0.39, 0.29) is 18.5 Å². The fraction of sp³-hybridized carbons (Fsp3) is 0.103. The van der Waals surface area contributed by atoms with Crippen LogP contribution in [-0.4, -0.2) is 26.2 Å². The first kappa shape index (κ1) is 26.4. The van der Waals surface area contributed by atoms with Crippen LogP contribution in [0.5, 0.6) is 11.5 Å². The number of carbonyl (C=O) groups excluding carboxylic acids is 2. The molecule has 3 amide bonds. The smallest absolute Gasteiger partial charge is 0.326 e. The molecule has 0 saturated carbocycles. The van der Waals surface area contributed by atoms with Crippen molar-refractivity contribution in [3.8, 4) is 11.5 Å². The van der Waals surface area contributed by atoms with Crippen molar-refractivity contribution in [1.29, 1.82) is 0 Å². The first-order valence-electron chi connectivity index (χ1n) is 11.7. The lowest BCUT2D eigenvalue weighted by Gasteiger charge is -2.24. The van der Waals surface area contributed by atoms with Crippen LogP contribution in [0.2, 0.25) is 0 Å². The molecule has 0 aromatic heterocycles. The fourth-order valence-corrected chi connectivity index (χ4v) is 3.91. The van der Waals surface area contributed by atoms with Gasteiger partial charge in [-0.3, -0.25) is 9.69 Å². The quantitative estimate of drug-likeness (QED) is 0.164. The van der Waals surface area contributed by atoms with Crippen molar-refractivity contribution >= 4 is 47.3 Å². The summed E-state index contributed by atoms with van der Waals surface area (Å²) in [6.07, 6.45) is 0. The third kappa shape index (κ3) is 6.37. The van der Waals surface area contributed by atoms with Gasteiger partial charge in [0.25, 0.3) is 5.91 Å². The van der Waals surface area contributed by atoms with Crippen molar-refractivity contribution in [2.24, 2.45) is 0 Å². The molecule has 0 aliphatic carbocycles. The Hall–Kier alpha value is -4.63. The van der Waals surface area contributed by atoms with E-state index in [1.807, 2.05) is 0 Å². The molecule has 0 saturated heterocycles. The minimum absolute atomic E-state index is 0.236. The van der Waals surface area contributed by atoms with Crippen molar-refractivity contribution in [2.75, 3.05) is 35.5 Å². The number of thiol groups is 1. The fourth-order valence-electron chi connectivity index (χ4n) is 3.76. The Morgan fingerprint density at radius 1 is 0.842 bits per heavy atom. The number of para-hydroxylation sites is 2. The van der Waals surface area contributed by atoms with Crippen LogP contribution >= 0.6 is 12.6 Å². The zero-order valence-corrected chi connectivity index (χ0v) is 21.9. The summed E-state index contributed by atoms with van der Waals surface area (Å²) in [5.74, 6) is 0.765. The molecule has 38 heavy (non-hydrogen) atoms. The first-order valence-corrected chi connectivity index (χ1v) is 12.2. The number of nitrogen functional groups attached to an aromatic ring is 1. The van der Waals surface area contributed by atoms with Gasteiger partial charge in [-0.25, -0.2) is 4.79 Å². The van der Waals surface area contributed by atoms with Gasteiger partial charge in [0.05, 0.1) is 32.1 Å². The maximum atomic E-state index is 13.4. The molecule has 0 aliphatic heterocycles. The van der Waals surface area contributed by atoms with Crippen LogP contribution in [0.15, 0.2) is 95.9 Å². The van der Waals surface area contributed by atoms with Gasteiger partial charge in [-0.2, -0.15) is 0 Å². The van der Waals surface area contributed by atoms with Gasteiger partial charge in [-0.05, 0) is 66.2 Å². The Morgan fingerprint density at radius 2 is 1.53 bits per heavy atom. The highest BCUT2D eigenvalue weighted by Gasteiger charge is 2.19. The number of ether oxygens (including phenoxy) is 2. The van der Waals surface area contributed by atoms with Gasteiger partial charge in [-0.1, -0.05) is 24.3 Å². The van der Waals surface area contributed by atoms with Crippen LogP contribution in [0.25, 0.3) is 0 Å². The summed E-state index contributed by atoms with van der Waals surface area (Å²) in [6, 6.07) is 26.2. The lowest BCUT2D eigenvalue weighted by molar-refractivity contribution is 0.102. The lowest BCUT2D eigenvalue weighted by Crippen LogP contribution is -2.34. The number of benzene rings is 4. The molecule has 8 nitrogen and oxygen atoms in total. The maximum Gasteiger partial charge on any atom is 0.326 e. The second kappa shape index (κ2) is 12.1. The second-order valence-corrected chi connectivity index (χ2v) is 8.86. The van der Waals surface area contributed by atoms with Crippen LogP contribution in [0, 0.1) is 0 Å². The molecule has 0 atom stereocenters. The third-order valence-electron chi connectivity index (χ3n) is 5.81. The van der Waals surface area contributed by atoms with Gasteiger partial charge < -0.3 is 25.8 Å². The van der Waals surface area contributed by atoms with Gasteiger partial charge in [0.1, 0.15) is 0 Å². The summed E-state index contributed by atoms with van der Waals surface area (Å²) in [5, 5.41) is 5.74. The molecule has 4 aromatic carbocycles. The number of nitrogens with two attached hydrogens (primary N) is 1. The summed E-state index contributed by atoms with van der Waals surface area (Å²) >= 11 is 4.30. The van der Waals surface area contributed by atoms with Crippen molar-refractivity contribution in [3.05, 3.63) is 102 Å². The number of hydrogen-bond acceptors (Lipinski definition) is 6. The molecular formula is C29H28N4O4S. The number of rotatable bonds is 8. The average Bonchev–Trinajstić information content (AvgIpc) is 2.94. The molecule has 0 radical (unpaired) electrons. The highest BCUT2D eigenvalue weighted by atomic mass is 32.1. The molecule has 0 aliphatic rings. The highest BCUT2D eigenvalue weighted by Crippen LogP contribution is 2.32. The molecule has 0 fully saturated rings. The lowest BCUT2D eigenvalue weighted by atomic mass is 10.1. The van der Waals surface area contributed by atoms with Gasteiger partial charge in [0.2, 0.25) is 0 Å². The summed E-state index contributed by atoms with van der Waals surface area (Å²) in [4.78, 5) is 28.5. The van der Waals surface area contributed by atoms with Gasteiger partial charge >= 0.3 is 6.03 Å². The SMILES string of the molecule is COc1ccc(N(Cc2ccc(C(=O)Nc3ccccc3N)cc2)C(=O)Nc2ccc(S)cc2)cc1OC. The van der Waals surface area contributed by atoms with E-state index in [0.29, 0.717) is 39.8 Å². The summed E-state index contributed by atoms with van der Waals surface area (Å²) < 4.78 is 10.8. The number of urea groups is 1. The topological polar surface area (TPSA) is 106 Å². The van der Waals surface area contributed by atoms with E-state index in [0.717, 1.165) is 10.5 Å². The normalized spacial score (nSPS) is 10.4. The van der Waals surface area contributed by atoms with Crippen molar-refractivity contribution in [2.45, 2.75) is 11.4 Å². The van der Waals surface area contributed by atoms with Crippen LogP contribution in [0.3, 0.4) is 0 Å².